The zero-order chi connectivity index (χ0) is 14.5. The third-order valence-corrected chi connectivity index (χ3v) is 4.30. The molecule has 1 aliphatic carbocycles. The molecular weight excluding hydrogens is 240 g/mol. The second-order valence-electron chi connectivity index (χ2n) is 6.20. The molecule has 1 saturated carbocycles. The molecule has 0 bridgehead atoms. The van der Waals surface area contributed by atoms with Crippen LogP contribution in [0, 0.1) is 11.8 Å². The van der Waals surface area contributed by atoms with Crippen molar-refractivity contribution in [3.8, 4) is 0 Å². The molecule has 1 rings (SSSR count). The normalized spacial score (nSPS) is 27.2. The highest BCUT2D eigenvalue weighted by Gasteiger charge is 2.46. The molecule has 0 aliphatic heterocycles. The number of carbonyl (C=O) groups excluding carboxylic acids is 1. The number of ether oxygens (including phenoxy) is 1. The summed E-state index contributed by atoms with van der Waals surface area (Å²) in [6.45, 7) is 9.85. The van der Waals surface area contributed by atoms with Gasteiger partial charge in [0.1, 0.15) is 5.54 Å². The lowest BCUT2D eigenvalue weighted by Gasteiger charge is -2.31. The van der Waals surface area contributed by atoms with E-state index in [1.165, 1.54) is 7.11 Å². The first-order valence-electron chi connectivity index (χ1n) is 7.53. The van der Waals surface area contributed by atoms with Crippen LogP contribution in [0.2, 0.25) is 0 Å². The van der Waals surface area contributed by atoms with Crippen LogP contribution in [-0.2, 0) is 9.53 Å². The molecule has 1 aliphatic rings. The summed E-state index contributed by atoms with van der Waals surface area (Å²) in [4.78, 5) is 14.3. The lowest BCUT2D eigenvalue weighted by molar-refractivity contribution is -0.148. The molecule has 4 heteroatoms. The molecule has 0 amide bonds. The summed E-state index contributed by atoms with van der Waals surface area (Å²) in [5, 5.41) is 0. The molecule has 1 fully saturated rings. The predicted octanol–water partition coefficient (Wildman–Crippen LogP) is 2.02. The second kappa shape index (κ2) is 7.25. The smallest absolute Gasteiger partial charge is 0.326 e. The number of carbonyl (C=O) groups is 1. The van der Waals surface area contributed by atoms with Crippen molar-refractivity contribution in [2.45, 2.75) is 52.0 Å². The van der Waals surface area contributed by atoms with Gasteiger partial charge in [-0.3, -0.25) is 4.79 Å². The van der Waals surface area contributed by atoms with Crippen molar-refractivity contribution >= 4 is 5.97 Å². The molecule has 2 unspecified atom stereocenters. The SMILES string of the molecule is CCN(CCC1CCCC1(N)C(=O)OC)CC(C)C. The molecule has 2 N–H and O–H groups in total. The molecule has 0 spiro atoms. The Hall–Kier alpha value is -0.610. The van der Waals surface area contributed by atoms with E-state index >= 15 is 0 Å². The van der Waals surface area contributed by atoms with Gasteiger partial charge < -0.3 is 15.4 Å². The van der Waals surface area contributed by atoms with Gasteiger partial charge in [-0.05, 0) is 44.2 Å². The minimum absolute atomic E-state index is 0.234. The minimum Gasteiger partial charge on any atom is -0.468 e. The van der Waals surface area contributed by atoms with Gasteiger partial charge in [0.15, 0.2) is 0 Å². The van der Waals surface area contributed by atoms with Crippen LogP contribution in [-0.4, -0.2) is 43.2 Å². The van der Waals surface area contributed by atoms with Crippen molar-refractivity contribution in [1.82, 2.24) is 4.90 Å². The number of hydrogen-bond donors (Lipinski definition) is 1. The highest BCUT2D eigenvalue weighted by Crippen LogP contribution is 2.37. The Balaban J connectivity index is 2.53. The Labute approximate surface area is 117 Å². The molecule has 0 saturated heterocycles. The van der Waals surface area contributed by atoms with E-state index < -0.39 is 5.54 Å². The van der Waals surface area contributed by atoms with Gasteiger partial charge in [0.2, 0.25) is 0 Å². The van der Waals surface area contributed by atoms with Crippen LogP contribution in [0.1, 0.15) is 46.5 Å². The molecule has 0 aromatic carbocycles. The van der Waals surface area contributed by atoms with Gasteiger partial charge in [-0.1, -0.05) is 27.2 Å². The van der Waals surface area contributed by atoms with Gasteiger partial charge in [0.05, 0.1) is 7.11 Å². The molecule has 0 heterocycles. The van der Waals surface area contributed by atoms with Crippen LogP contribution in [0.4, 0.5) is 0 Å². The lowest BCUT2D eigenvalue weighted by atomic mass is 9.85. The third kappa shape index (κ3) is 4.18. The Morgan fingerprint density at radius 3 is 2.74 bits per heavy atom. The van der Waals surface area contributed by atoms with Crippen LogP contribution in [0.25, 0.3) is 0 Å². The van der Waals surface area contributed by atoms with Gasteiger partial charge in [-0.15, -0.1) is 0 Å². The summed E-state index contributed by atoms with van der Waals surface area (Å²) in [6, 6.07) is 0. The Morgan fingerprint density at radius 1 is 1.53 bits per heavy atom. The van der Waals surface area contributed by atoms with Crippen molar-refractivity contribution in [2.24, 2.45) is 17.6 Å². The summed E-state index contributed by atoms with van der Waals surface area (Å²) in [5.41, 5.74) is 5.55. The molecule has 0 aromatic heterocycles. The van der Waals surface area contributed by atoms with Crippen LogP contribution < -0.4 is 5.73 Å². The van der Waals surface area contributed by atoms with E-state index in [0.717, 1.165) is 45.3 Å². The standard InChI is InChI=1S/C15H30N2O2/c1-5-17(11-12(2)3)10-8-13-7-6-9-15(13,16)14(18)19-4/h12-13H,5-11,16H2,1-4H3. The van der Waals surface area contributed by atoms with Gasteiger partial charge in [-0.25, -0.2) is 0 Å². The zero-order valence-corrected chi connectivity index (χ0v) is 12.9. The highest BCUT2D eigenvalue weighted by molar-refractivity contribution is 5.81. The van der Waals surface area contributed by atoms with E-state index in [9.17, 15) is 4.79 Å². The van der Waals surface area contributed by atoms with E-state index in [1.807, 2.05) is 0 Å². The maximum absolute atomic E-state index is 11.9. The van der Waals surface area contributed by atoms with E-state index in [-0.39, 0.29) is 11.9 Å². The molecule has 4 nitrogen and oxygen atoms in total. The molecule has 0 radical (unpaired) electrons. The zero-order valence-electron chi connectivity index (χ0n) is 12.9. The first kappa shape index (κ1) is 16.4. The fourth-order valence-electron chi connectivity index (χ4n) is 3.20. The average molecular weight is 270 g/mol. The minimum atomic E-state index is -0.744. The second-order valence-corrected chi connectivity index (χ2v) is 6.20. The number of hydrogen-bond acceptors (Lipinski definition) is 4. The maximum Gasteiger partial charge on any atom is 0.326 e. The monoisotopic (exact) mass is 270 g/mol. The highest BCUT2D eigenvalue weighted by atomic mass is 16.5. The summed E-state index contributed by atoms with van der Waals surface area (Å²) < 4.78 is 4.89. The number of methoxy groups -OCH3 is 1. The van der Waals surface area contributed by atoms with Crippen LogP contribution in [0.3, 0.4) is 0 Å². The Kier molecular flexibility index (Phi) is 6.27. The summed E-state index contributed by atoms with van der Waals surface area (Å²) in [6.07, 6.45) is 3.84. The van der Waals surface area contributed by atoms with E-state index in [2.05, 4.69) is 25.7 Å². The van der Waals surface area contributed by atoms with Crippen molar-refractivity contribution in [3.05, 3.63) is 0 Å². The van der Waals surface area contributed by atoms with Crippen LogP contribution >= 0.6 is 0 Å². The van der Waals surface area contributed by atoms with Gasteiger partial charge in [-0.2, -0.15) is 0 Å². The molecule has 112 valence electrons. The number of esters is 1. The van der Waals surface area contributed by atoms with Gasteiger partial charge in [0, 0.05) is 6.54 Å². The Bertz CT molecular complexity index is 294. The van der Waals surface area contributed by atoms with E-state index in [1.54, 1.807) is 0 Å². The van der Waals surface area contributed by atoms with Crippen LogP contribution in [0.15, 0.2) is 0 Å². The van der Waals surface area contributed by atoms with Crippen molar-refractivity contribution < 1.29 is 9.53 Å². The average Bonchev–Trinajstić information content (AvgIpc) is 2.75. The van der Waals surface area contributed by atoms with Gasteiger partial charge >= 0.3 is 5.97 Å². The molecule has 0 aromatic rings. The molecular formula is C15H30N2O2. The van der Waals surface area contributed by atoms with Crippen molar-refractivity contribution in [3.63, 3.8) is 0 Å². The summed E-state index contributed by atoms with van der Waals surface area (Å²) >= 11 is 0. The summed E-state index contributed by atoms with van der Waals surface area (Å²) in [7, 11) is 1.43. The maximum atomic E-state index is 11.9. The van der Waals surface area contributed by atoms with Gasteiger partial charge in [0.25, 0.3) is 0 Å². The molecule has 19 heavy (non-hydrogen) atoms. The largest absolute Gasteiger partial charge is 0.468 e. The number of rotatable bonds is 7. The fourth-order valence-corrected chi connectivity index (χ4v) is 3.20. The quantitative estimate of drug-likeness (QED) is 0.719. The number of nitrogens with two attached hydrogens (primary N) is 1. The lowest BCUT2D eigenvalue weighted by Crippen LogP contribution is -2.52. The van der Waals surface area contributed by atoms with E-state index in [4.69, 9.17) is 10.5 Å². The first-order chi connectivity index (χ1) is 8.93. The predicted molar refractivity (Wildman–Crippen MR) is 77.8 cm³/mol. The molecule has 2 atom stereocenters. The fraction of sp³-hybridized carbons (Fsp3) is 0.933. The number of nitrogens with zero attached hydrogens (tertiary/aromatic N) is 1. The third-order valence-electron chi connectivity index (χ3n) is 4.30. The van der Waals surface area contributed by atoms with Crippen molar-refractivity contribution in [1.29, 1.82) is 0 Å². The first-order valence-corrected chi connectivity index (χ1v) is 7.53. The summed E-state index contributed by atoms with van der Waals surface area (Å²) in [5.74, 6) is 0.704. The Morgan fingerprint density at radius 2 is 2.21 bits per heavy atom. The van der Waals surface area contributed by atoms with E-state index in [0.29, 0.717) is 5.92 Å². The van der Waals surface area contributed by atoms with Crippen LogP contribution in [0.5, 0.6) is 0 Å². The topological polar surface area (TPSA) is 55.6 Å². The van der Waals surface area contributed by atoms with Crippen molar-refractivity contribution in [2.75, 3.05) is 26.7 Å².